The molecule has 3 aromatic rings. The van der Waals surface area contributed by atoms with Crippen molar-refractivity contribution < 1.29 is 23.1 Å². The number of aryl methyl sites for hydroxylation is 1. The van der Waals surface area contributed by atoms with Crippen molar-refractivity contribution >= 4 is 17.3 Å². The Balaban J connectivity index is 1.58. The van der Waals surface area contributed by atoms with Crippen molar-refractivity contribution in [2.45, 2.75) is 32.5 Å². The first-order chi connectivity index (χ1) is 15.7. The fourth-order valence-corrected chi connectivity index (χ4v) is 3.93. The Morgan fingerprint density at radius 1 is 1.03 bits per heavy atom. The van der Waals surface area contributed by atoms with Gasteiger partial charge >= 0.3 is 0 Å². The minimum atomic E-state index is -0.909. The molecule has 1 aliphatic heterocycles. The normalized spacial score (nSPS) is 16.8. The van der Waals surface area contributed by atoms with E-state index < -0.39 is 28.7 Å². The first-order valence-corrected chi connectivity index (χ1v) is 10.5. The molecule has 0 bridgehead atoms. The van der Waals surface area contributed by atoms with Crippen LogP contribution in [0.2, 0.25) is 0 Å². The number of methoxy groups -OCH3 is 1. The average molecular weight is 450 g/mol. The highest BCUT2D eigenvalue weighted by atomic mass is 19.1. The second-order valence-corrected chi connectivity index (χ2v) is 8.44. The molecule has 1 atom stereocenters. The lowest BCUT2D eigenvalue weighted by molar-refractivity contribution is -0.0614. The summed E-state index contributed by atoms with van der Waals surface area (Å²) in [6, 6.07) is 16.4. The van der Waals surface area contributed by atoms with E-state index >= 15 is 0 Å². The summed E-state index contributed by atoms with van der Waals surface area (Å²) in [6.45, 7) is 5.85. The van der Waals surface area contributed by atoms with Crippen LogP contribution in [0, 0.1) is 18.6 Å². The summed E-state index contributed by atoms with van der Waals surface area (Å²) in [5.74, 6) is -2.66. The van der Waals surface area contributed by atoms with Gasteiger partial charge in [-0.2, -0.15) is 0 Å². The highest BCUT2D eigenvalue weighted by Gasteiger charge is 2.42. The summed E-state index contributed by atoms with van der Waals surface area (Å²) in [4.78, 5) is 17.9. The molecule has 1 aliphatic rings. The molecule has 170 valence electrons. The molecule has 0 saturated heterocycles. The standard InChI is InChI=1S/C26H24F2N2O3/c1-15-8-9-17(23-24(32-4)26(2,3)33-30-23)14-19(15)16-10-12-18(13-11-16)29-25(31)22-20(27)6-5-7-21(22)28/h5-14,24H,1-4H3,(H,29,31). The maximum atomic E-state index is 13.9. The van der Waals surface area contributed by atoms with Gasteiger partial charge in [0.2, 0.25) is 0 Å². The molecule has 1 unspecified atom stereocenters. The molecule has 0 aromatic heterocycles. The number of carbonyl (C=O) groups is 1. The number of amides is 1. The molecule has 3 aromatic carbocycles. The molecule has 0 spiro atoms. The zero-order valence-corrected chi connectivity index (χ0v) is 18.8. The molecule has 4 rings (SSSR count). The van der Waals surface area contributed by atoms with Gasteiger partial charge in [-0.15, -0.1) is 0 Å². The van der Waals surface area contributed by atoms with E-state index in [-0.39, 0.29) is 6.10 Å². The molecule has 0 saturated carbocycles. The monoisotopic (exact) mass is 450 g/mol. The van der Waals surface area contributed by atoms with Crippen LogP contribution in [0.4, 0.5) is 14.5 Å². The number of halogens is 2. The van der Waals surface area contributed by atoms with Crippen molar-refractivity contribution in [1.29, 1.82) is 0 Å². The van der Waals surface area contributed by atoms with Gasteiger partial charge in [0.05, 0.1) is 0 Å². The molecule has 1 N–H and O–H groups in total. The highest BCUT2D eigenvalue weighted by Crippen LogP contribution is 2.32. The van der Waals surface area contributed by atoms with E-state index in [1.807, 2.05) is 51.1 Å². The smallest absolute Gasteiger partial charge is 0.261 e. The Hall–Kier alpha value is -3.58. The molecular formula is C26H24F2N2O3. The first-order valence-electron chi connectivity index (χ1n) is 10.5. The number of rotatable bonds is 5. The Kier molecular flexibility index (Phi) is 5.99. The minimum absolute atomic E-state index is 0.301. The third-order valence-corrected chi connectivity index (χ3v) is 5.67. The number of ether oxygens (including phenoxy) is 1. The summed E-state index contributed by atoms with van der Waals surface area (Å²) in [5, 5.41) is 6.79. The fraction of sp³-hybridized carbons (Fsp3) is 0.231. The maximum Gasteiger partial charge on any atom is 0.261 e. The zero-order chi connectivity index (χ0) is 23.8. The van der Waals surface area contributed by atoms with Crippen molar-refractivity contribution in [2.75, 3.05) is 12.4 Å². The van der Waals surface area contributed by atoms with E-state index in [2.05, 4.69) is 10.5 Å². The molecule has 7 heteroatoms. The summed E-state index contributed by atoms with van der Waals surface area (Å²) >= 11 is 0. The van der Waals surface area contributed by atoms with Gasteiger partial charge in [-0.1, -0.05) is 35.5 Å². The van der Waals surface area contributed by atoms with E-state index in [1.54, 1.807) is 19.2 Å². The van der Waals surface area contributed by atoms with Crippen LogP contribution in [0.1, 0.15) is 35.3 Å². The second kappa shape index (κ2) is 8.75. The molecule has 5 nitrogen and oxygen atoms in total. The van der Waals surface area contributed by atoms with Gasteiger partial charge in [-0.25, -0.2) is 8.78 Å². The van der Waals surface area contributed by atoms with Crippen molar-refractivity contribution in [3.05, 3.63) is 89.0 Å². The van der Waals surface area contributed by atoms with E-state index in [9.17, 15) is 13.6 Å². The molecule has 1 amide bonds. The van der Waals surface area contributed by atoms with Crippen LogP contribution in [-0.4, -0.2) is 30.4 Å². The maximum absolute atomic E-state index is 13.9. The van der Waals surface area contributed by atoms with Crippen LogP contribution in [-0.2, 0) is 9.57 Å². The van der Waals surface area contributed by atoms with Gasteiger partial charge in [-0.3, -0.25) is 4.79 Å². The minimum Gasteiger partial charge on any atom is -0.386 e. The van der Waals surface area contributed by atoms with Gasteiger partial charge in [0.1, 0.15) is 29.0 Å². The topological polar surface area (TPSA) is 59.9 Å². The summed E-state index contributed by atoms with van der Waals surface area (Å²) in [5.41, 5.74) is 3.81. The van der Waals surface area contributed by atoms with E-state index in [1.165, 1.54) is 6.07 Å². The fourth-order valence-electron chi connectivity index (χ4n) is 3.93. The summed E-state index contributed by atoms with van der Waals surface area (Å²) in [7, 11) is 1.63. The lowest BCUT2D eigenvalue weighted by Gasteiger charge is -2.23. The lowest BCUT2D eigenvalue weighted by Crippen LogP contribution is -2.39. The lowest BCUT2D eigenvalue weighted by atomic mass is 9.91. The number of benzene rings is 3. The molecule has 0 aliphatic carbocycles. The Labute approximate surface area is 191 Å². The van der Waals surface area contributed by atoms with E-state index in [0.29, 0.717) is 5.69 Å². The van der Waals surface area contributed by atoms with Crippen molar-refractivity contribution in [1.82, 2.24) is 0 Å². The number of nitrogens with one attached hydrogen (secondary N) is 1. The quantitative estimate of drug-likeness (QED) is 0.541. The number of hydrogen-bond acceptors (Lipinski definition) is 4. The average Bonchev–Trinajstić information content (AvgIpc) is 3.08. The number of anilines is 1. The van der Waals surface area contributed by atoms with Gasteiger partial charge in [0.25, 0.3) is 5.91 Å². The Morgan fingerprint density at radius 2 is 1.67 bits per heavy atom. The zero-order valence-electron chi connectivity index (χ0n) is 18.8. The third-order valence-electron chi connectivity index (χ3n) is 5.67. The van der Waals surface area contributed by atoms with Crippen LogP contribution in [0.5, 0.6) is 0 Å². The van der Waals surface area contributed by atoms with Crippen LogP contribution < -0.4 is 5.32 Å². The van der Waals surface area contributed by atoms with Crippen molar-refractivity contribution in [3.63, 3.8) is 0 Å². The van der Waals surface area contributed by atoms with E-state index in [4.69, 9.17) is 9.57 Å². The largest absolute Gasteiger partial charge is 0.386 e. The van der Waals surface area contributed by atoms with Crippen LogP contribution in [0.25, 0.3) is 11.1 Å². The van der Waals surface area contributed by atoms with Crippen molar-refractivity contribution in [2.24, 2.45) is 5.16 Å². The number of nitrogens with zero attached hydrogens (tertiary/aromatic N) is 1. The molecule has 1 heterocycles. The Bertz CT molecular complexity index is 1220. The van der Waals surface area contributed by atoms with Crippen LogP contribution in [0.3, 0.4) is 0 Å². The molecule has 33 heavy (non-hydrogen) atoms. The number of carbonyl (C=O) groups excluding carboxylic acids is 1. The van der Waals surface area contributed by atoms with Gasteiger partial charge in [-0.05, 0) is 67.8 Å². The first kappa shape index (κ1) is 22.6. The second-order valence-electron chi connectivity index (χ2n) is 8.44. The van der Waals surface area contributed by atoms with Gasteiger partial charge in [0.15, 0.2) is 5.60 Å². The summed E-state index contributed by atoms with van der Waals surface area (Å²) < 4.78 is 33.4. The number of oxime groups is 1. The van der Waals surface area contributed by atoms with Gasteiger partial charge in [0, 0.05) is 18.4 Å². The SMILES string of the molecule is COC1C(c2ccc(C)c(-c3ccc(NC(=O)c4c(F)cccc4F)cc3)c2)=NOC1(C)C. The molecule has 0 fully saturated rings. The van der Waals surface area contributed by atoms with E-state index in [0.717, 1.165) is 40.1 Å². The predicted octanol–water partition coefficient (Wildman–Crippen LogP) is 5.72. The Morgan fingerprint density at radius 3 is 2.30 bits per heavy atom. The van der Waals surface area contributed by atoms with Crippen LogP contribution >= 0.6 is 0 Å². The number of hydrogen-bond donors (Lipinski definition) is 1. The van der Waals surface area contributed by atoms with Gasteiger partial charge < -0.3 is 14.9 Å². The summed E-state index contributed by atoms with van der Waals surface area (Å²) in [6.07, 6.45) is -0.301. The van der Waals surface area contributed by atoms with Crippen molar-refractivity contribution in [3.8, 4) is 11.1 Å². The predicted molar refractivity (Wildman–Crippen MR) is 123 cm³/mol. The highest BCUT2D eigenvalue weighted by molar-refractivity contribution is 6.06. The van der Waals surface area contributed by atoms with Crippen LogP contribution in [0.15, 0.2) is 65.8 Å². The molecule has 0 radical (unpaired) electrons. The third kappa shape index (κ3) is 4.36. The molecular weight excluding hydrogens is 426 g/mol.